The summed E-state index contributed by atoms with van der Waals surface area (Å²) >= 11 is 11.9. The van der Waals surface area contributed by atoms with Gasteiger partial charge in [0.1, 0.15) is 23.4 Å². The van der Waals surface area contributed by atoms with Crippen LogP contribution >= 0.6 is 23.2 Å². The van der Waals surface area contributed by atoms with E-state index >= 15 is 0 Å². The molecule has 1 atom stereocenters. The summed E-state index contributed by atoms with van der Waals surface area (Å²) in [7, 11) is 0. The fraction of sp³-hybridized carbons (Fsp3) is 0.0455. The van der Waals surface area contributed by atoms with Gasteiger partial charge in [0.2, 0.25) is 0 Å². The van der Waals surface area contributed by atoms with Gasteiger partial charge in [0.25, 0.3) is 11.7 Å². The molecule has 5 nitrogen and oxygen atoms in total. The number of benzene rings is 2. The number of anilines is 1. The molecule has 1 unspecified atom stereocenters. The molecule has 1 aliphatic heterocycles. The highest BCUT2D eigenvalue weighted by Crippen LogP contribution is 2.42. The molecular formula is C22H12Cl2F2N2O3. The van der Waals surface area contributed by atoms with Gasteiger partial charge in [-0.1, -0.05) is 29.3 Å². The van der Waals surface area contributed by atoms with E-state index in [-0.39, 0.29) is 26.9 Å². The van der Waals surface area contributed by atoms with E-state index in [0.717, 1.165) is 23.1 Å². The van der Waals surface area contributed by atoms with Crippen LogP contribution in [0.1, 0.15) is 17.3 Å². The molecule has 0 spiro atoms. The van der Waals surface area contributed by atoms with Gasteiger partial charge in [-0.25, -0.2) is 8.78 Å². The van der Waals surface area contributed by atoms with Crippen molar-refractivity contribution >= 4 is 46.3 Å². The van der Waals surface area contributed by atoms with Gasteiger partial charge in [0, 0.05) is 17.8 Å². The molecule has 31 heavy (non-hydrogen) atoms. The lowest BCUT2D eigenvalue weighted by Crippen LogP contribution is -2.30. The lowest BCUT2D eigenvalue weighted by molar-refractivity contribution is -0.132. The molecule has 1 amide bonds. The third-order valence-electron chi connectivity index (χ3n) is 4.77. The molecule has 0 radical (unpaired) electrons. The van der Waals surface area contributed by atoms with Crippen LogP contribution in [0.2, 0.25) is 10.0 Å². The first kappa shape index (κ1) is 21.0. The summed E-state index contributed by atoms with van der Waals surface area (Å²) in [5.74, 6) is -4.49. The molecule has 0 saturated carbocycles. The standard InChI is InChI=1S/C22H12Cl2F2N2O3/c23-13-6-4-11(9-14(13)24)20(29)18-19(16-3-1-2-8-27-16)28(22(31)21(18)30)17-10-12(25)5-7-15(17)26/h1-10,19,29H/b20-18+. The van der Waals surface area contributed by atoms with Gasteiger partial charge < -0.3 is 5.11 Å². The van der Waals surface area contributed by atoms with Crippen molar-refractivity contribution in [3.63, 3.8) is 0 Å². The smallest absolute Gasteiger partial charge is 0.300 e. The maximum Gasteiger partial charge on any atom is 0.300 e. The highest BCUT2D eigenvalue weighted by Gasteiger charge is 2.48. The summed E-state index contributed by atoms with van der Waals surface area (Å²) in [4.78, 5) is 30.8. The van der Waals surface area contributed by atoms with E-state index < -0.39 is 40.8 Å². The number of ketones is 1. The first-order valence-corrected chi connectivity index (χ1v) is 9.67. The summed E-state index contributed by atoms with van der Waals surface area (Å²) < 4.78 is 28.4. The Balaban J connectivity index is 1.98. The van der Waals surface area contributed by atoms with Crippen molar-refractivity contribution in [1.29, 1.82) is 0 Å². The Bertz CT molecular complexity index is 1250. The van der Waals surface area contributed by atoms with Crippen molar-refractivity contribution in [2.75, 3.05) is 4.90 Å². The van der Waals surface area contributed by atoms with Gasteiger partial charge in [-0.2, -0.15) is 0 Å². The van der Waals surface area contributed by atoms with E-state index in [0.29, 0.717) is 0 Å². The third kappa shape index (κ3) is 3.66. The fourth-order valence-corrected chi connectivity index (χ4v) is 3.67. The minimum absolute atomic E-state index is 0.116. The Morgan fingerprint density at radius 2 is 1.77 bits per heavy atom. The van der Waals surface area contributed by atoms with Gasteiger partial charge in [-0.15, -0.1) is 0 Å². The average Bonchev–Trinajstić information content (AvgIpc) is 3.02. The lowest BCUT2D eigenvalue weighted by Gasteiger charge is -2.25. The normalized spacial score (nSPS) is 17.9. The van der Waals surface area contributed by atoms with E-state index in [1.165, 1.54) is 30.5 Å². The number of halogens is 4. The number of hydrogen-bond donors (Lipinski definition) is 1. The van der Waals surface area contributed by atoms with Crippen molar-refractivity contribution in [2.45, 2.75) is 6.04 Å². The number of aliphatic hydroxyl groups is 1. The monoisotopic (exact) mass is 460 g/mol. The molecule has 0 aliphatic carbocycles. The summed E-state index contributed by atoms with van der Waals surface area (Å²) in [5, 5.41) is 11.3. The van der Waals surface area contributed by atoms with Crippen molar-refractivity contribution in [3.05, 3.63) is 99.3 Å². The summed E-state index contributed by atoms with van der Waals surface area (Å²) in [6.07, 6.45) is 1.41. The third-order valence-corrected chi connectivity index (χ3v) is 5.51. The zero-order valence-corrected chi connectivity index (χ0v) is 17.0. The SMILES string of the molecule is O=C1C(=O)N(c2cc(F)ccc2F)C(c2ccccn2)/C1=C(\O)c1ccc(Cl)c(Cl)c1. The summed E-state index contributed by atoms with van der Waals surface area (Å²) in [6, 6.07) is 10.1. The number of carbonyl (C=O) groups excluding carboxylic acids is 2. The second-order valence-electron chi connectivity index (χ2n) is 6.65. The maximum atomic E-state index is 14.6. The van der Waals surface area contributed by atoms with Gasteiger partial charge >= 0.3 is 0 Å². The number of rotatable bonds is 3. The van der Waals surface area contributed by atoms with Crippen LogP contribution in [0.15, 0.2) is 66.4 Å². The Morgan fingerprint density at radius 3 is 2.45 bits per heavy atom. The van der Waals surface area contributed by atoms with Crippen LogP contribution in [0.3, 0.4) is 0 Å². The zero-order chi connectivity index (χ0) is 22.3. The van der Waals surface area contributed by atoms with Crippen LogP contribution < -0.4 is 4.90 Å². The Hall–Kier alpha value is -3.29. The Morgan fingerprint density at radius 1 is 1.00 bits per heavy atom. The van der Waals surface area contributed by atoms with E-state index in [1.54, 1.807) is 12.1 Å². The minimum Gasteiger partial charge on any atom is -0.507 e. The highest BCUT2D eigenvalue weighted by molar-refractivity contribution is 6.51. The van der Waals surface area contributed by atoms with Crippen LogP contribution in [0, 0.1) is 11.6 Å². The maximum absolute atomic E-state index is 14.6. The van der Waals surface area contributed by atoms with Crippen LogP contribution in [0.5, 0.6) is 0 Å². The summed E-state index contributed by atoms with van der Waals surface area (Å²) in [6.45, 7) is 0. The number of pyridine rings is 1. The van der Waals surface area contributed by atoms with Crippen molar-refractivity contribution in [3.8, 4) is 0 Å². The van der Waals surface area contributed by atoms with Gasteiger partial charge in [-0.05, 0) is 42.5 Å². The zero-order valence-electron chi connectivity index (χ0n) is 15.5. The first-order chi connectivity index (χ1) is 14.8. The van der Waals surface area contributed by atoms with Crippen LogP contribution in [-0.4, -0.2) is 21.8 Å². The molecule has 3 aromatic rings. The Labute approximate surface area is 185 Å². The van der Waals surface area contributed by atoms with E-state index in [2.05, 4.69) is 4.98 Å². The van der Waals surface area contributed by atoms with Crippen LogP contribution in [-0.2, 0) is 9.59 Å². The first-order valence-electron chi connectivity index (χ1n) is 8.92. The van der Waals surface area contributed by atoms with E-state index in [1.807, 2.05) is 0 Å². The summed E-state index contributed by atoms with van der Waals surface area (Å²) in [5.41, 5.74) is -0.503. The molecular weight excluding hydrogens is 449 g/mol. The predicted octanol–water partition coefficient (Wildman–Crippen LogP) is 5.29. The average molecular weight is 461 g/mol. The van der Waals surface area contributed by atoms with Crippen molar-refractivity contribution in [2.24, 2.45) is 0 Å². The van der Waals surface area contributed by atoms with Crippen molar-refractivity contribution in [1.82, 2.24) is 4.98 Å². The highest BCUT2D eigenvalue weighted by atomic mass is 35.5. The second kappa shape index (κ2) is 8.09. The molecule has 4 rings (SSSR count). The fourth-order valence-electron chi connectivity index (χ4n) is 3.37. The van der Waals surface area contributed by atoms with E-state index in [4.69, 9.17) is 23.2 Å². The number of hydrogen-bond acceptors (Lipinski definition) is 4. The molecule has 2 aromatic carbocycles. The molecule has 156 valence electrons. The number of nitrogens with zero attached hydrogens (tertiary/aromatic N) is 2. The Kier molecular flexibility index (Phi) is 5.47. The van der Waals surface area contributed by atoms with Crippen LogP contribution in [0.25, 0.3) is 5.76 Å². The number of aromatic nitrogens is 1. The van der Waals surface area contributed by atoms with Crippen LogP contribution in [0.4, 0.5) is 14.5 Å². The quantitative estimate of drug-likeness (QED) is 0.327. The number of Topliss-reactive ketones (excluding diaryl/α,β-unsaturated/α-hetero) is 1. The second-order valence-corrected chi connectivity index (χ2v) is 7.46. The predicted molar refractivity (Wildman–Crippen MR) is 112 cm³/mol. The minimum atomic E-state index is -1.30. The number of aliphatic hydroxyl groups excluding tert-OH is 1. The molecule has 1 fully saturated rings. The van der Waals surface area contributed by atoms with Gasteiger partial charge in [-0.3, -0.25) is 19.5 Å². The number of amides is 1. The largest absolute Gasteiger partial charge is 0.507 e. The molecule has 1 aromatic heterocycles. The lowest BCUT2D eigenvalue weighted by atomic mass is 9.98. The molecule has 1 aliphatic rings. The molecule has 2 heterocycles. The molecule has 9 heteroatoms. The van der Waals surface area contributed by atoms with E-state index in [9.17, 15) is 23.5 Å². The molecule has 1 saturated heterocycles. The molecule has 0 bridgehead atoms. The molecule has 1 N–H and O–H groups in total. The number of carbonyl (C=O) groups is 2. The van der Waals surface area contributed by atoms with Gasteiger partial charge in [0.15, 0.2) is 0 Å². The van der Waals surface area contributed by atoms with Gasteiger partial charge in [0.05, 0.1) is 27.0 Å². The van der Waals surface area contributed by atoms with Crippen molar-refractivity contribution < 1.29 is 23.5 Å². The topological polar surface area (TPSA) is 70.5 Å².